The molecule has 12 nitrogen and oxygen atoms in total. The molecule has 0 amide bonds. The number of hydrogen-bond acceptors (Lipinski definition) is 11. The number of H-pyrrole nitrogens is 1. The molecule has 0 spiro atoms. The molecule has 0 bridgehead atoms. The summed E-state index contributed by atoms with van der Waals surface area (Å²) in [6.45, 7) is 21.4. The molecule has 62 heavy (non-hydrogen) atoms. The van der Waals surface area contributed by atoms with Gasteiger partial charge in [-0.05, 0) is 68.7 Å². The summed E-state index contributed by atoms with van der Waals surface area (Å²) in [6.07, 6.45) is -1.27. The summed E-state index contributed by atoms with van der Waals surface area (Å²) in [5.74, 6) is 1.38. The van der Waals surface area contributed by atoms with Gasteiger partial charge in [0.15, 0.2) is 11.3 Å². The highest BCUT2D eigenvalue weighted by atomic mass is 32.2. The maximum atomic E-state index is 13.6. The van der Waals surface area contributed by atoms with Crippen molar-refractivity contribution in [3.05, 3.63) is 129 Å². The Labute approximate surface area is 373 Å². The SMILES string of the molecule is COc1ccc(C(OC[C@H]2O[C@@H](n3ccc(=O)[nH]c3=O)[C@H](OCSC(=O)C(C)(C)C)[C@@H]2OP(CC[Si](C)(C)C)N(C(C)C)C(C)C)(c2ccccc2)c2ccc(OC)cc2)cc1. The summed E-state index contributed by atoms with van der Waals surface area (Å²) in [5.41, 5.74) is -0.434. The highest BCUT2D eigenvalue weighted by Crippen LogP contribution is 2.51. The van der Waals surface area contributed by atoms with Crippen molar-refractivity contribution in [2.75, 3.05) is 32.9 Å². The lowest BCUT2D eigenvalue weighted by atomic mass is 9.80. The number of benzene rings is 3. The van der Waals surface area contributed by atoms with Crippen LogP contribution in [0.5, 0.6) is 11.5 Å². The molecule has 0 saturated carbocycles. The van der Waals surface area contributed by atoms with Crippen molar-refractivity contribution in [3.63, 3.8) is 0 Å². The third kappa shape index (κ3) is 12.1. The predicted octanol–water partition coefficient (Wildman–Crippen LogP) is 9.26. The number of aromatic nitrogens is 2. The number of hydrogen-bond donors (Lipinski definition) is 1. The first kappa shape index (κ1) is 49.4. The van der Waals surface area contributed by atoms with E-state index in [4.69, 9.17) is 28.2 Å². The minimum absolute atomic E-state index is 0.0112. The van der Waals surface area contributed by atoms with E-state index in [-0.39, 0.29) is 29.7 Å². The fourth-order valence-electron chi connectivity index (χ4n) is 7.57. The summed E-state index contributed by atoms with van der Waals surface area (Å²) < 4.78 is 43.5. The van der Waals surface area contributed by atoms with E-state index in [1.54, 1.807) is 14.2 Å². The zero-order chi connectivity index (χ0) is 45.4. The van der Waals surface area contributed by atoms with Gasteiger partial charge in [0.05, 0.1) is 20.8 Å². The highest BCUT2D eigenvalue weighted by Gasteiger charge is 2.51. The molecule has 2 heterocycles. The van der Waals surface area contributed by atoms with Gasteiger partial charge in [0.25, 0.3) is 5.56 Å². The summed E-state index contributed by atoms with van der Waals surface area (Å²) in [6, 6.07) is 28.3. The van der Waals surface area contributed by atoms with E-state index in [1.807, 2.05) is 99.6 Å². The van der Waals surface area contributed by atoms with E-state index in [2.05, 4.69) is 57.0 Å². The molecule has 338 valence electrons. The second-order valence-electron chi connectivity index (χ2n) is 18.4. The maximum absolute atomic E-state index is 13.6. The number of carbonyl (C=O) groups excluding carboxylic acids is 1. The van der Waals surface area contributed by atoms with Crippen LogP contribution in [-0.4, -0.2) is 90.7 Å². The van der Waals surface area contributed by atoms with Crippen LogP contribution in [0, 0.1) is 5.41 Å². The Kier molecular flexibility index (Phi) is 17.1. The predicted molar refractivity (Wildman–Crippen MR) is 252 cm³/mol. The minimum Gasteiger partial charge on any atom is -0.497 e. The molecule has 4 aromatic rings. The zero-order valence-corrected chi connectivity index (χ0v) is 41.1. The van der Waals surface area contributed by atoms with Crippen molar-refractivity contribution < 1.29 is 33.0 Å². The first-order chi connectivity index (χ1) is 29.3. The average molecular weight is 908 g/mol. The molecule has 0 aliphatic carbocycles. The van der Waals surface area contributed by atoms with Gasteiger partial charge >= 0.3 is 5.69 Å². The second kappa shape index (κ2) is 21.4. The standard InChI is InChI=1S/C47H66N3O9PSSi/c1-32(2)50(33(3)4)60(28-29-62(10,11)12)59-41-39(58-43(49-27-26-40(51)48-45(49)53)42(41)56-31-61-44(52)46(5,6)7)30-57-47(34-16-14-13-15-17-34,35-18-22-37(54-8)23-19-35)36-20-24-38(55-9)25-21-36/h13-27,32-33,39,41-43H,28-31H2,1-12H3,(H,48,51,53)/t39-,41-,42-,43-,60?/m1/s1. The van der Waals surface area contributed by atoms with Crippen LogP contribution in [0.15, 0.2) is 101 Å². The number of aromatic amines is 1. The Balaban J connectivity index is 1.70. The van der Waals surface area contributed by atoms with Crippen LogP contribution in [-0.2, 0) is 29.1 Å². The Hall–Kier alpha value is -3.59. The molecule has 15 heteroatoms. The molecule has 5 atom stereocenters. The topological polar surface area (TPSA) is 131 Å². The molecule has 3 aromatic carbocycles. The number of rotatable bonds is 20. The van der Waals surface area contributed by atoms with Gasteiger partial charge in [-0.15, -0.1) is 0 Å². The number of carbonyl (C=O) groups is 1. The van der Waals surface area contributed by atoms with Crippen molar-refractivity contribution in [1.29, 1.82) is 0 Å². The van der Waals surface area contributed by atoms with Crippen LogP contribution >= 0.6 is 20.1 Å². The van der Waals surface area contributed by atoms with Crippen molar-refractivity contribution in [2.45, 2.75) is 116 Å². The van der Waals surface area contributed by atoms with Crippen LogP contribution in [0.2, 0.25) is 25.7 Å². The molecule has 5 rings (SSSR count). The van der Waals surface area contributed by atoms with Crippen molar-refractivity contribution >= 4 is 33.3 Å². The number of thioether (sulfide) groups is 1. The van der Waals surface area contributed by atoms with E-state index in [1.165, 1.54) is 16.8 Å². The molecule has 1 aliphatic rings. The zero-order valence-electron chi connectivity index (χ0n) is 38.4. The molecule has 1 unspecified atom stereocenters. The Morgan fingerprint density at radius 3 is 1.87 bits per heavy atom. The summed E-state index contributed by atoms with van der Waals surface area (Å²) >= 11 is 1.07. The van der Waals surface area contributed by atoms with E-state index in [0.29, 0.717) is 11.5 Å². The van der Waals surface area contributed by atoms with Crippen molar-refractivity contribution in [2.24, 2.45) is 5.41 Å². The summed E-state index contributed by atoms with van der Waals surface area (Å²) in [4.78, 5) is 41.6. The van der Waals surface area contributed by atoms with E-state index < -0.39 is 63.2 Å². The average Bonchev–Trinajstić information content (AvgIpc) is 3.55. The van der Waals surface area contributed by atoms with Gasteiger partial charge < -0.3 is 28.2 Å². The lowest BCUT2D eigenvalue weighted by Gasteiger charge is -2.41. The van der Waals surface area contributed by atoms with Crippen LogP contribution in [0.3, 0.4) is 0 Å². The number of methoxy groups -OCH3 is 2. The Morgan fingerprint density at radius 2 is 1.39 bits per heavy atom. The van der Waals surface area contributed by atoms with Crippen LogP contribution in [0.1, 0.15) is 71.4 Å². The molecule has 1 fully saturated rings. The molecule has 0 radical (unpaired) electrons. The smallest absolute Gasteiger partial charge is 0.330 e. The van der Waals surface area contributed by atoms with E-state index in [9.17, 15) is 14.4 Å². The molecule has 1 aliphatic heterocycles. The number of nitrogens with zero attached hydrogens (tertiary/aromatic N) is 2. The van der Waals surface area contributed by atoms with Gasteiger partial charge in [-0.2, -0.15) is 0 Å². The Bertz CT molecular complexity index is 2100. The molecular weight excluding hydrogens is 842 g/mol. The first-order valence-electron chi connectivity index (χ1n) is 21.3. The van der Waals surface area contributed by atoms with Gasteiger partial charge in [-0.25, -0.2) is 4.79 Å². The largest absolute Gasteiger partial charge is 0.497 e. The van der Waals surface area contributed by atoms with Gasteiger partial charge in [-0.3, -0.25) is 23.8 Å². The highest BCUT2D eigenvalue weighted by molar-refractivity contribution is 8.13. The normalized spacial score (nSPS) is 19.0. The quantitative estimate of drug-likeness (QED) is 0.0394. The molecule has 1 N–H and O–H groups in total. The maximum Gasteiger partial charge on any atom is 0.330 e. The van der Waals surface area contributed by atoms with Crippen LogP contribution in [0.25, 0.3) is 0 Å². The van der Waals surface area contributed by atoms with Crippen molar-refractivity contribution in [3.8, 4) is 11.5 Å². The third-order valence-corrected chi connectivity index (χ3v) is 16.6. The van der Waals surface area contributed by atoms with E-state index >= 15 is 0 Å². The number of nitrogens with one attached hydrogen (secondary N) is 1. The molecular formula is C47H66N3O9PSSi. The van der Waals surface area contributed by atoms with Crippen LogP contribution in [0.4, 0.5) is 0 Å². The van der Waals surface area contributed by atoms with E-state index in [0.717, 1.165) is 40.7 Å². The first-order valence-corrected chi connectivity index (χ1v) is 27.3. The fourth-order valence-corrected chi connectivity index (χ4v) is 13.8. The van der Waals surface area contributed by atoms with Crippen molar-refractivity contribution in [1.82, 2.24) is 14.2 Å². The lowest BCUT2D eigenvalue weighted by Crippen LogP contribution is -2.44. The van der Waals surface area contributed by atoms with Gasteiger partial charge in [0, 0.05) is 44.0 Å². The second-order valence-corrected chi connectivity index (χ2v) is 26.7. The number of ether oxygens (including phenoxy) is 5. The summed E-state index contributed by atoms with van der Waals surface area (Å²) in [5, 5.41) is -0.0404. The Morgan fingerprint density at radius 1 is 0.839 bits per heavy atom. The third-order valence-electron chi connectivity index (χ3n) is 10.7. The fraction of sp³-hybridized carbons (Fsp3) is 0.511. The van der Waals surface area contributed by atoms with Crippen LogP contribution < -0.4 is 20.7 Å². The monoisotopic (exact) mass is 907 g/mol. The minimum atomic E-state index is -1.54. The van der Waals surface area contributed by atoms with Gasteiger partial charge in [0.1, 0.15) is 49.7 Å². The summed E-state index contributed by atoms with van der Waals surface area (Å²) in [7, 11) is 0.477. The molecule has 1 saturated heterocycles. The van der Waals surface area contributed by atoms with Gasteiger partial charge in [0.2, 0.25) is 0 Å². The lowest BCUT2D eigenvalue weighted by molar-refractivity contribution is -0.117. The van der Waals surface area contributed by atoms with Gasteiger partial charge in [-0.1, -0.05) is 113 Å². The molecule has 1 aromatic heterocycles.